The third-order valence-corrected chi connectivity index (χ3v) is 4.23. The minimum Gasteiger partial charge on any atom is -0.343 e. The van der Waals surface area contributed by atoms with Crippen molar-refractivity contribution in [2.24, 2.45) is 0 Å². The Bertz CT molecular complexity index is 336. The average molecular weight is 274 g/mol. The number of aryl methyl sites for hydroxylation is 1. The quantitative estimate of drug-likeness (QED) is 0.743. The fraction of sp³-hybridized carbons (Fsp3) is 0.833. The second-order valence-corrected chi connectivity index (χ2v) is 5.67. The fourth-order valence-corrected chi connectivity index (χ4v) is 3.42. The van der Waals surface area contributed by atoms with Crippen molar-refractivity contribution < 1.29 is 0 Å². The molecule has 0 aliphatic heterocycles. The van der Waals surface area contributed by atoms with Crippen LogP contribution in [-0.4, -0.2) is 27.8 Å². The van der Waals surface area contributed by atoms with E-state index in [1.54, 1.807) is 0 Å². The largest absolute Gasteiger partial charge is 0.343 e. The fourth-order valence-electron chi connectivity index (χ4n) is 2.43. The van der Waals surface area contributed by atoms with Crippen LogP contribution in [0.5, 0.6) is 0 Å². The summed E-state index contributed by atoms with van der Waals surface area (Å²) in [7, 11) is 0. The highest BCUT2D eigenvalue weighted by Gasteiger charge is 2.24. The zero-order chi connectivity index (χ0) is 12.1. The van der Waals surface area contributed by atoms with Crippen LogP contribution in [0.3, 0.4) is 0 Å². The van der Waals surface area contributed by atoms with E-state index in [1.165, 1.54) is 37.2 Å². The zero-order valence-electron chi connectivity index (χ0n) is 10.4. The van der Waals surface area contributed by atoms with E-state index in [4.69, 9.17) is 11.6 Å². The van der Waals surface area contributed by atoms with E-state index < -0.39 is 0 Å². The van der Waals surface area contributed by atoms with Crippen LogP contribution in [-0.2, 0) is 6.42 Å². The van der Waals surface area contributed by atoms with Crippen molar-refractivity contribution in [3.05, 3.63) is 5.82 Å². The minimum atomic E-state index is 0.635. The molecule has 96 valence electrons. The predicted molar refractivity (Wildman–Crippen MR) is 74.2 cm³/mol. The summed E-state index contributed by atoms with van der Waals surface area (Å²) in [6, 6.07) is 0.635. The summed E-state index contributed by atoms with van der Waals surface area (Å²) in [5.74, 6) is 1.66. The monoisotopic (exact) mass is 273 g/mol. The van der Waals surface area contributed by atoms with Crippen molar-refractivity contribution in [1.29, 1.82) is 0 Å². The molecule has 0 aromatic carbocycles. The van der Waals surface area contributed by atoms with Gasteiger partial charge in [-0.05, 0) is 19.3 Å². The molecule has 0 radical (unpaired) electrons. The van der Waals surface area contributed by atoms with Gasteiger partial charge in [-0.15, -0.1) is 11.6 Å². The number of rotatable bonds is 6. The van der Waals surface area contributed by atoms with Gasteiger partial charge in [-0.1, -0.05) is 19.8 Å². The van der Waals surface area contributed by atoms with Gasteiger partial charge in [0.25, 0.3) is 0 Å². The first-order chi connectivity index (χ1) is 8.35. The summed E-state index contributed by atoms with van der Waals surface area (Å²) in [5, 5.41) is 1.07. The van der Waals surface area contributed by atoms with Gasteiger partial charge in [0.05, 0.1) is 0 Å². The molecule has 17 heavy (non-hydrogen) atoms. The molecule has 0 amide bonds. The Hall–Kier alpha value is -0.350. The standard InChI is InChI=1S/C12H20ClN3S/c1-2-5-11-14-12(17-15-11)16(9-8-13)10-6-3-4-7-10/h10H,2-9H2,1H3. The molecule has 1 aliphatic rings. The smallest absolute Gasteiger partial charge is 0.205 e. The first-order valence-corrected chi connectivity index (χ1v) is 7.81. The molecule has 3 nitrogen and oxygen atoms in total. The molecule has 1 saturated carbocycles. The number of anilines is 1. The Morgan fingerprint density at radius 1 is 1.41 bits per heavy atom. The van der Waals surface area contributed by atoms with Gasteiger partial charge in [0, 0.05) is 36.4 Å². The summed E-state index contributed by atoms with van der Waals surface area (Å²) in [6.07, 6.45) is 7.32. The Kier molecular flexibility index (Phi) is 5.04. The Morgan fingerprint density at radius 2 is 2.18 bits per heavy atom. The lowest BCUT2D eigenvalue weighted by molar-refractivity contribution is 0.618. The predicted octanol–water partition coefficient (Wildman–Crippen LogP) is 3.48. The number of nitrogens with zero attached hydrogens (tertiary/aromatic N) is 3. The van der Waals surface area contributed by atoms with Gasteiger partial charge in [0.15, 0.2) is 0 Å². The first kappa shape index (κ1) is 13.1. The number of hydrogen-bond acceptors (Lipinski definition) is 4. The van der Waals surface area contributed by atoms with Crippen LogP contribution in [0.1, 0.15) is 44.9 Å². The maximum absolute atomic E-state index is 5.91. The van der Waals surface area contributed by atoms with E-state index in [1.807, 2.05) is 0 Å². The molecule has 0 spiro atoms. The molecule has 1 aliphatic carbocycles. The van der Waals surface area contributed by atoms with Crippen molar-refractivity contribution in [2.75, 3.05) is 17.3 Å². The zero-order valence-corrected chi connectivity index (χ0v) is 11.9. The Labute approximate surface area is 112 Å². The topological polar surface area (TPSA) is 29.0 Å². The normalized spacial score (nSPS) is 16.6. The minimum absolute atomic E-state index is 0.635. The lowest BCUT2D eigenvalue weighted by Gasteiger charge is -2.27. The summed E-state index contributed by atoms with van der Waals surface area (Å²) in [4.78, 5) is 7.01. The van der Waals surface area contributed by atoms with Gasteiger partial charge < -0.3 is 4.90 Å². The number of halogens is 1. The van der Waals surface area contributed by atoms with Crippen molar-refractivity contribution in [2.45, 2.75) is 51.5 Å². The number of hydrogen-bond donors (Lipinski definition) is 0. The highest BCUT2D eigenvalue weighted by Crippen LogP contribution is 2.29. The van der Waals surface area contributed by atoms with Gasteiger partial charge >= 0.3 is 0 Å². The van der Waals surface area contributed by atoms with Crippen LogP contribution >= 0.6 is 23.1 Å². The second-order valence-electron chi connectivity index (χ2n) is 4.56. The SMILES string of the molecule is CCCc1nsc(N(CCCl)C2CCCC2)n1. The molecule has 0 saturated heterocycles. The number of alkyl halides is 1. The van der Waals surface area contributed by atoms with Gasteiger partial charge in [-0.25, -0.2) is 4.98 Å². The summed E-state index contributed by atoms with van der Waals surface area (Å²) in [6.45, 7) is 3.06. The van der Waals surface area contributed by atoms with Crippen molar-refractivity contribution in [1.82, 2.24) is 9.36 Å². The second kappa shape index (κ2) is 6.55. The summed E-state index contributed by atoms with van der Waals surface area (Å²) >= 11 is 7.44. The summed E-state index contributed by atoms with van der Waals surface area (Å²) < 4.78 is 4.43. The highest BCUT2D eigenvalue weighted by atomic mass is 35.5. The van der Waals surface area contributed by atoms with Crippen molar-refractivity contribution in [3.63, 3.8) is 0 Å². The summed E-state index contributed by atoms with van der Waals surface area (Å²) in [5.41, 5.74) is 0. The molecule has 0 bridgehead atoms. The van der Waals surface area contributed by atoms with Crippen molar-refractivity contribution >= 4 is 28.3 Å². The highest BCUT2D eigenvalue weighted by molar-refractivity contribution is 7.09. The molecule has 5 heteroatoms. The van der Waals surface area contributed by atoms with Gasteiger partial charge in [-0.2, -0.15) is 4.37 Å². The van der Waals surface area contributed by atoms with E-state index in [0.29, 0.717) is 11.9 Å². The molecular formula is C12H20ClN3S. The van der Waals surface area contributed by atoms with E-state index in [-0.39, 0.29) is 0 Å². The molecule has 0 N–H and O–H groups in total. The molecule has 1 fully saturated rings. The lowest BCUT2D eigenvalue weighted by atomic mass is 10.2. The molecular weight excluding hydrogens is 254 g/mol. The average Bonchev–Trinajstić information content (AvgIpc) is 2.97. The van der Waals surface area contributed by atoms with Crippen LogP contribution in [0.25, 0.3) is 0 Å². The maximum atomic E-state index is 5.91. The molecule has 0 unspecified atom stereocenters. The van der Waals surface area contributed by atoms with Crippen LogP contribution in [0.4, 0.5) is 5.13 Å². The Morgan fingerprint density at radius 3 is 2.82 bits per heavy atom. The molecule has 1 aromatic rings. The van der Waals surface area contributed by atoms with E-state index >= 15 is 0 Å². The van der Waals surface area contributed by atoms with Gasteiger partial charge in [-0.3, -0.25) is 0 Å². The molecule has 0 atom stereocenters. The van der Waals surface area contributed by atoms with E-state index in [0.717, 1.165) is 30.3 Å². The first-order valence-electron chi connectivity index (χ1n) is 6.50. The van der Waals surface area contributed by atoms with E-state index in [2.05, 4.69) is 21.2 Å². The van der Waals surface area contributed by atoms with E-state index in [9.17, 15) is 0 Å². The van der Waals surface area contributed by atoms with Gasteiger partial charge in [0.1, 0.15) is 5.82 Å². The third-order valence-electron chi connectivity index (χ3n) is 3.27. The van der Waals surface area contributed by atoms with Crippen LogP contribution < -0.4 is 4.90 Å². The molecule has 1 heterocycles. The van der Waals surface area contributed by atoms with Crippen LogP contribution in [0, 0.1) is 0 Å². The van der Waals surface area contributed by atoms with Gasteiger partial charge in [0.2, 0.25) is 5.13 Å². The maximum Gasteiger partial charge on any atom is 0.205 e. The van der Waals surface area contributed by atoms with Crippen molar-refractivity contribution in [3.8, 4) is 0 Å². The molecule has 2 rings (SSSR count). The van der Waals surface area contributed by atoms with Crippen LogP contribution in [0.2, 0.25) is 0 Å². The Balaban J connectivity index is 2.07. The number of aromatic nitrogens is 2. The van der Waals surface area contributed by atoms with Crippen LogP contribution in [0.15, 0.2) is 0 Å². The lowest BCUT2D eigenvalue weighted by Crippen LogP contribution is -2.34. The third kappa shape index (κ3) is 3.32. The molecule has 1 aromatic heterocycles.